The summed E-state index contributed by atoms with van der Waals surface area (Å²) >= 11 is 0. The fourth-order valence-corrected chi connectivity index (χ4v) is 1.66. The van der Waals surface area contributed by atoms with Crippen LogP contribution < -0.4 is 11.1 Å². The van der Waals surface area contributed by atoms with Gasteiger partial charge in [-0.3, -0.25) is 0 Å². The fourth-order valence-electron chi connectivity index (χ4n) is 1.66. The van der Waals surface area contributed by atoms with E-state index in [0.29, 0.717) is 5.92 Å². The summed E-state index contributed by atoms with van der Waals surface area (Å²) in [6.07, 6.45) is 2.65. The minimum atomic E-state index is 0.170. The van der Waals surface area contributed by atoms with Gasteiger partial charge in [0.1, 0.15) is 6.26 Å². The van der Waals surface area contributed by atoms with Crippen molar-refractivity contribution in [2.45, 2.75) is 18.4 Å². The number of hydrogen-bond acceptors (Lipinski definition) is 4. The topological polar surface area (TPSA) is 64.1 Å². The molecule has 1 fully saturated rings. The Morgan fingerprint density at radius 3 is 3.25 bits per heavy atom. The first-order valence-corrected chi connectivity index (χ1v) is 4.24. The SMILES string of the molecule is NC1CNCCC1c1ccon1. The Kier molecular flexibility index (Phi) is 2.10. The second kappa shape index (κ2) is 3.25. The average molecular weight is 167 g/mol. The van der Waals surface area contributed by atoms with Gasteiger partial charge in [0.2, 0.25) is 0 Å². The number of hydrogen-bond donors (Lipinski definition) is 2. The molecule has 1 aromatic heterocycles. The molecule has 0 aliphatic carbocycles. The van der Waals surface area contributed by atoms with Crippen LogP contribution >= 0.6 is 0 Å². The molecule has 3 N–H and O–H groups in total. The van der Waals surface area contributed by atoms with Gasteiger partial charge in [-0.05, 0) is 13.0 Å². The van der Waals surface area contributed by atoms with Crippen molar-refractivity contribution < 1.29 is 4.52 Å². The lowest BCUT2D eigenvalue weighted by Gasteiger charge is -2.27. The average Bonchev–Trinajstić information content (AvgIpc) is 2.57. The van der Waals surface area contributed by atoms with E-state index in [9.17, 15) is 0 Å². The van der Waals surface area contributed by atoms with Crippen molar-refractivity contribution >= 4 is 0 Å². The maximum Gasteiger partial charge on any atom is 0.124 e. The van der Waals surface area contributed by atoms with E-state index in [0.717, 1.165) is 25.2 Å². The van der Waals surface area contributed by atoms with Gasteiger partial charge in [0.15, 0.2) is 0 Å². The maximum atomic E-state index is 5.93. The molecule has 1 saturated heterocycles. The van der Waals surface area contributed by atoms with Crippen LogP contribution in [0.2, 0.25) is 0 Å². The summed E-state index contributed by atoms with van der Waals surface area (Å²) in [5.41, 5.74) is 6.92. The van der Waals surface area contributed by atoms with Crippen LogP contribution in [-0.2, 0) is 0 Å². The second-order valence-corrected chi connectivity index (χ2v) is 3.19. The van der Waals surface area contributed by atoms with Crippen LogP contribution in [0.25, 0.3) is 0 Å². The first kappa shape index (κ1) is 7.76. The molecule has 0 bridgehead atoms. The highest BCUT2D eigenvalue weighted by molar-refractivity contribution is 5.09. The number of nitrogens with one attached hydrogen (secondary N) is 1. The van der Waals surface area contributed by atoms with Crippen LogP contribution in [0, 0.1) is 0 Å². The van der Waals surface area contributed by atoms with Gasteiger partial charge in [-0.1, -0.05) is 5.16 Å². The summed E-state index contributed by atoms with van der Waals surface area (Å²) in [7, 11) is 0. The van der Waals surface area contributed by atoms with Crippen LogP contribution in [0.5, 0.6) is 0 Å². The van der Waals surface area contributed by atoms with Gasteiger partial charge in [0.05, 0.1) is 5.69 Å². The molecule has 4 heteroatoms. The molecule has 0 aromatic carbocycles. The van der Waals surface area contributed by atoms with Crippen molar-refractivity contribution in [3.63, 3.8) is 0 Å². The van der Waals surface area contributed by atoms with E-state index in [-0.39, 0.29) is 6.04 Å². The Morgan fingerprint density at radius 1 is 1.67 bits per heavy atom. The summed E-state index contributed by atoms with van der Waals surface area (Å²) in [5.74, 6) is 0.366. The highest BCUT2D eigenvalue weighted by Crippen LogP contribution is 2.22. The van der Waals surface area contributed by atoms with Gasteiger partial charge in [0, 0.05) is 24.6 Å². The largest absolute Gasteiger partial charge is 0.365 e. The fraction of sp³-hybridized carbons (Fsp3) is 0.625. The van der Waals surface area contributed by atoms with E-state index >= 15 is 0 Å². The van der Waals surface area contributed by atoms with Crippen molar-refractivity contribution in [3.05, 3.63) is 18.0 Å². The van der Waals surface area contributed by atoms with Crippen LogP contribution in [0.15, 0.2) is 16.9 Å². The summed E-state index contributed by atoms with van der Waals surface area (Å²) in [6, 6.07) is 2.07. The van der Waals surface area contributed by atoms with E-state index in [1.165, 1.54) is 0 Å². The van der Waals surface area contributed by atoms with Crippen molar-refractivity contribution in [2.24, 2.45) is 5.73 Å². The molecule has 0 saturated carbocycles. The lowest BCUT2D eigenvalue weighted by atomic mass is 9.90. The molecule has 2 atom stereocenters. The smallest absolute Gasteiger partial charge is 0.124 e. The number of piperidine rings is 1. The van der Waals surface area contributed by atoms with Gasteiger partial charge < -0.3 is 15.6 Å². The summed E-state index contributed by atoms with van der Waals surface area (Å²) in [5, 5.41) is 7.15. The molecule has 2 unspecified atom stereocenters. The highest BCUT2D eigenvalue weighted by atomic mass is 16.5. The quantitative estimate of drug-likeness (QED) is 0.621. The van der Waals surface area contributed by atoms with Gasteiger partial charge in [-0.25, -0.2) is 0 Å². The highest BCUT2D eigenvalue weighted by Gasteiger charge is 2.24. The van der Waals surface area contributed by atoms with E-state index in [1.54, 1.807) is 6.26 Å². The lowest BCUT2D eigenvalue weighted by molar-refractivity contribution is 0.362. The number of rotatable bonds is 1. The minimum Gasteiger partial charge on any atom is -0.365 e. The van der Waals surface area contributed by atoms with E-state index in [4.69, 9.17) is 10.3 Å². The molecular weight excluding hydrogens is 154 g/mol. The third-order valence-electron chi connectivity index (χ3n) is 2.37. The molecule has 12 heavy (non-hydrogen) atoms. The molecular formula is C8H13N3O. The predicted molar refractivity (Wildman–Crippen MR) is 44.7 cm³/mol. The number of aromatic nitrogens is 1. The molecule has 0 amide bonds. The predicted octanol–water partition coefficient (Wildman–Crippen LogP) is 0.0788. The Labute approximate surface area is 71.1 Å². The molecule has 2 rings (SSSR count). The van der Waals surface area contributed by atoms with Crippen LogP contribution in [0.3, 0.4) is 0 Å². The van der Waals surface area contributed by atoms with Gasteiger partial charge >= 0.3 is 0 Å². The third kappa shape index (κ3) is 1.35. The maximum absolute atomic E-state index is 5.93. The lowest BCUT2D eigenvalue weighted by Crippen LogP contribution is -2.44. The van der Waals surface area contributed by atoms with Crippen molar-refractivity contribution in [3.8, 4) is 0 Å². The molecule has 1 aliphatic heterocycles. The molecule has 0 spiro atoms. The molecule has 4 nitrogen and oxygen atoms in total. The second-order valence-electron chi connectivity index (χ2n) is 3.19. The van der Waals surface area contributed by atoms with Gasteiger partial charge in [0.25, 0.3) is 0 Å². The Bertz CT molecular complexity index is 234. The first-order chi connectivity index (χ1) is 5.88. The molecule has 66 valence electrons. The van der Waals surface area contributed by atoms with Crippen LogP contribution in [0.1, 0.15) is 18.0 Å². The molecule has 0 radical (unpaired) electrons. The van der Waals surface area contributed by atoms with Crippen molar-refractivity contribution in [2.75, 3.05) is 13.1 Å². The van der Waals surface area contributed by atoms with Crippen LogP contribution in [-0.4, -0.2) is 24.3 Å². The van der Waals surface area contributed by atoms with E-state index in [1.807, 2.05) is 6.07 Å². The normalized spacial score (nSPS) is 30.4. The zero-order valence-electron chi connectivity index (χ0n) is 6.86. The summed E-state index contributed by atoms with van der Waals surface area (Å²) in [4.78, 5) is 0. The molecule has 1 aromatic rings. The number of nitrogens with zero attached hydrogens (tertiary/aromatic N) is 1. The summed E-state index contributed by atoms with van der Waals surface area (Å²) in [6.45, 7) is 1.89. The van der Waals surface area contributed by atoms with Gasteiger partial charge in [-0.15, -0.1) is 0 Å². The third-order valence-corrected chi connectivity index (χ3v) is 2.37. The zero-order valence-corrected chi connectivity index (χ0v) is 6.86. The Hall–Kier alpha value is -0.870. The van der Waals surface area contributed by atoms with Crippen molar-refractivity contribution in [1.29, 1.82) is 0 Å². The van der Waals surface area contributed by atoms with Crippen LogP contribution in [0.4, 0.5) is 0 Å². The van der Waals surface area contributed by atoms with Gasteiger partial charge in [-0.2, -0.15) is 0 Å². The van der Waals surface area contributed by atoms with Crippen molar-refractivity contribution in [1.82, 2.24) is 10.5 Å². The standard InChI is InChI=1S/C8H13N3O/c9-7-5-10-3-1-6(7)8-2-4-12-11-8/h2,4,6-7,10H,1,3,5,9H2. The molecule has 1 aliphatic rings. The monoisotopic (exact) mass is 167 g/mol. The minimum absolute atomic E-state index is 0.170. The Balaban J connectivity index is 2.11. The number of nitrogens with two attached hydrogens (primary N) is 1. The summed E-state index contributed by atoms with van der Waals surface area (Å²) < 4.78 is 4.79. The van der Waals surface area contributed by atoms with E-state index < -0.39 is 0 Å². The Morgan fingerprint density at radius 2 is 2.58 bits per heavy atom. The van der Waals surface area contributed by atoms with E-state index in [2.05, 4.69) is 10.5 Å². The molecule has 2 heterocycles. The first-order valence-electron chi connectivity index (χ1n) is 4.24. The zero-order chi connectivity index (χ0) is 8.39.